The third kappa shape index (κ3) is 4.78. The molecule has 0 aliphatic rings. The molecule has 0 aliphatic heterocycles. The minimum Gasteiger partial charge on any atom is -0.475 e. The fourth-order valence-electron chi connectivity index (χ4n) is 2.21. The first kappa shape index (κ1) is 18.3. The molecule has 0 fully saturated rings. The van der Waals surface area contributed by atoms with Crippen molar-refractivity contribution in [2.75, 3.05) is 13.2 Å². The number of aromatic nitrogens is 2. The molecule has 1 N–H and O–H groups in total. The van der Waals surface area contributed by atoms with Crippen molar-refractivity contribution in [2.24, 2.45) is 0 Å². The predicted octanol–water partition coefficient (Wildman–Crippen LogP) is 3.15. The summed E-state index contributed by atoms with van der Waals surface area (Å²) in [5, 5.41) is 8.46. The normalized spacial score (nSPS) is 11.3. The smallest absolute Gasteiger partial charge is 0.240 e. The molecule has 0 spiro atoms. The van der Waals surface area contributed by atoms with Gasteiger partial charge in [0, 0.05) is 23.2 Å². The average Bonchev–Trinajstić information content (AvgIpc) is 2.66. The summed E-state index contributed by atoms with van der Waals surface area (Å²) in [5.41, 5.74) is 1.69. The van der Waals surface area contributed by atoms with Gasteiger partial charge in [0.2, 0.25) is 15.9 Å². The Balaban J connectivity index is 1.52. The molecule has 6 nitrogen and oxygen atoms in total. The second-order valence-corrected chi connectivity index (χ2v) is 7.53. The number of nitrogens with zero attached hydrogens (tertiary/aromatic N) is 2. The van der Waals surface area contributed by atoms with E-state index in [2.05, 4.69) is 14.9 Å². The molecule has 0 saturated carbocycles. The predicted molar refractivity (Wildman–Crippen MR) is 99.6 cm³/mol. The van der Waals surface area contributed by atoms with E-state index >= 15 is 0 Å². The van der Waals surface area contributed by atoms with Gasteiger partial charge in [0.25, 0.3) is 0 Å². The first-order valence-electron chi connectivity index (χ1n) is 7.82. The molecule has 0 atom stereocenters. The lowest BCUT2D eigenvalue weighted by molar-refractivity contribution is 0.307. The van der Waals surface area contributed by atoms with Gasteiger partial charge in [-0.15, -0.1) is 10.2 Å². The Labute approximate surface area is 156 Å². The third-order valence-electron chi connectivity index (χ3n) is 3.46. The largest absolute Gasteiger partial charge is 0.475 e. The topological polar surface area (TPSA) is 81.2 Å². The van der Waals surface area contributed by atoms with Gasteiger partial charge in [0.05, 0.1) is 10.6 Å². The molecule has 3 aromatic rings. The van der Waals surface area contributed by atoms with Gasteiger partial charge in [-0.3, -0.25) is 0 Å². The summed E-state index contributed by atoms with van der Waals surface area (Å²) in [6, 6.07) is 19.2. The van der Waals surface area contributed by atoms with Crippen LogP contribution in [0.15, 0.2) is 71.6 Å². The van der Waals surface area contributed by atoms with Crippen molar-refractivity contribution in [1.82, 2.24) is 14.9 Å². The van der Waals surface area contributed by atoms with Crippen molar-refractivity contribution in [3.8, 4) is 17.1 Å². The third-order valence-corrected chi connectivity index (χ3v) is 5.15. The lowest BCUT2D eigenvalue weighted by atomic mass is 10.1. The van der Waals surface area contributed by atoms with E-state index in [1.54, 1.807) is 24.3 Å². The highest BCUT2D eigenvalue weighted by Crippen LogP contribution is 2.17. The molecule has 0 saturated heterocycles. The number of rotatable bonds is 7. The summed E-state index contributed by atoms with van der Waals surface area (Å²) in [6.45, 7) is 0.218. The molecule has 8 heteroatoms. The highest BCUT2D eigenvalue weighted by molar-refractivity contribution is 7.89. The SMILES string of the molecule is O=S(=O)(NCCOc1ccc(-c2ccccc2)nn1)c1cccc(Cl)c1. The van der Waals surface area contributed by atoms with Gasteiger partial charge in [0.15, 0.2) is 0 Å². The lowest BCUT2D eigenvalue weighted by Gasteiger charge is -2.08. The Bertz CT molecular complexity index is 964. The van der Waals surface area contributed by atoms with E-state index in [1.807, 2.05) is 30.3 Å². The maximum Gasteiger partial charge on any atom is 0.240 e. The van der Waals surface area contributed by atoms with E-state index < -0.39 is 10.0 Å². The van der Waals surface area contributed by atoms with Crippen molar-refractivity contribution >= 4 is 21.6 Å². The van der Waals surface area contributed by atoms with Crippen molar-refractivity contribution in [3.05, 3.63) is 71.8 Å². The van der Waals surface area contributed by atoms with Crippen LogP contribution in [0.2, 0.25) is 5.02 Å². The van der Waals surface area contributed by atoms with Crippen LogP contribution in [0.4, 0.5) is 0 Å². The second kappa shape index (κ2) is 8.27. The van der Waals surface area contributed by atoms with E-state index in [9.17, 15) is 8.42 Å². The summed E-state index contributed by atoms with van der Waals surface area (Å²) in [7, 11) is -3.63. The number of nitrogens with one attached hydrogen (secondary N) is 1. The van der Waals surface area contributed by atoms with Gasteiger partial charge in [0.1, 0.15) is 6.61 Å². The summed E-state index contributed by atoms with van der Waals surface area (Å²) in [5.74, 6) is 0.326. The van der Waals surface area contributed by atoms with Crippen molar-refractivity contribution in [1.29, 1.82) is 0 Å². The molecule has 0 radical (unpaired) electrons. The molecule has 3 rings (SSSR count). The lowest BCUT2D eigenvalue weighted by Crippen LogP contribution is -2.28. The molecule has 2 aromatic carbocycles. The summed E-state index contributed by atoms with van der Waals surface area (Å²) in [4.78, 5) is 0.108. The van der Waals surface area contributed by atoms with Crippen molar-refractivity contribution in [3.63, 3.8) is 0 Å². The van der Waals surface area contributed by atoms with Crippen LogP contribution < -0.4 is 9.46 Å². The standard InChI is InChI=1S/C18H16ClN3O3S/c19-15-7-4-8-16(13-15)26(23,24)20-11-12-25-18-10-9-17(21-22-18)14-5-2-1-3-6-14/h1-10,13,20H,11-12H2. The Kier molecular flexibility index (Phi) is 5.82. The van der Waals surface area contributed by atoms with Gasteiger partial charge in [-0.2, -0.15) is 0 Å². The van der Waals surface area contributed by atoms with Gasteiger partial charge < -0.3 is 4.74 Å². The monoisotopic (exact) mass is 389 g/mol. The zero-order chi connectivity index (χ0) is 18.4. The van der Waals surface area contributed by atoms with Crippen LogP contribution >= 0.6 is 11.6 Å². The quantitative estimate of drug-likeness (QED) is 0.628. The van der Waals surface area contributed by atoms with Crippen molar-refractivity contribution < 1.29 is 13.2 Å². The summed E-state index contributed by atoms with van der Waals surface area (Å²) >= 11 is 5.82. The van der Waals surface area contributed by atoms with Crippen LogP contribution in [0.3, 0.4) is 0 Å². The maximum absolute atomic E-state index is 12.1. The minimum absolute atomic E-state index is 0.0942. The molecule has 1 heterocycles. The van der Waals surface area contributed by atoms with Crippen LogP contribution in [-0.2, 0) is 10.0 Å². The van der Waals surface area contributed by atoms with Gasteiger partial charge in [-0.05, 0) is 24.3 Å². The summed E-state index contributed by atoms with van der Waals surface area (Å²) in [6.07, 6.45) is 0. The first-order valence-corrected chi connectivity index (χ1v) is 9.68. The van der Waals surface area contributed by atoms with Crippen LogP contribution in [0, 0.1) is 0 Å². The molecular weight excluding hydrogens is 374 g/mol. The molecule has 0 bridgehead atoms. The summed E-state index contributed by atoms with van der Waals surface area (Å²) < 4.78 is 32.2. The molecule has 0 aliphatic carbocycles. The number of hydrogen-bond acceptors (Lipinski definition) is 5. The maximum atomic E-state index is 12.1. The van der Waals surface area contributed by atoms with E-state index in [1.165, 1.54) is 12.1 Å². The number of sulfonamides is 1. The molecule has 0 unspecified atom stereocenters. The Morgan fingerprint density at radius 1 is 0.962 bits per heavy atom. The molecule has 0 amide bonds. The molecule has 134 valence electrons. The molecule has 26 heavy (non-hydrogen) atoms. The highest BCUT2D eigenvalue weighted by Gasteiger charge is 2.13. The first-order chi connectivity index (χ1) is 12.5. The molecular formula is C18H16ClN3O3S. The number of ether oxygens (including phenoxy) is 1. The van der Waals surface area contributed by atoms with Gasteiger partial charge >= 0.3 is 0 Å². The fourth-order valence-corrected chi connectivity index (χ4v) is 3.52. The van der Waals surface area contributed by atoms with Gasteiger partial charge in [-0.1, -0.05) is 48.0 Å². The second-order valence-electron chi connectivity index (χ2n) is 5.33. The Morgan fingerprint density at radius 3 is 2.46 bits per heavy atom. The van der Waals surface area contributed by atoms with E-state index in [-0.39, 0.29) is 18.0 Å². The molecule has 1 aromatic heterocycles. The van der Waals surface area contributed by atoms with Crippen LogP contribution in [0.1, 0.15) is 0 Å². The number of benzene rings is 2. The zero-order valence-corrected chi connectivity index (χ0v) is 15.2. The van der Waals surface area contributed by atoms with Crippen LogP contribution in [0.5, 0.6) is 5.88 Å². The average molecular weight is 390 g/mol. The highest BCUT2D eigenvalue weighted by atomic mass is 35.5. The van der Waals surface area contributed by atoms with Crippen LogP contribution in [0.25, 0.3) is 11.3 Å². The van der Waals surface area contributed by atoms with Gasteiger partial charge in [-0.25, -0.2) is 13.1 Å². The van der Waals surface area contributed by atoms with Crippen LogP contribution in [-0.4, -0.2) is 31.8 Å². The number of hydrogen-bond donors (Lipinski definition) is 1. The number of halogens is 1. The van der Waals surface area contributed by atoms with E-state index in [0.717, 1.165) is 11.3 Å². The van der Waals surface area contributed by atoms with Crippen molar-refractivity contribution in [2.45, 2.75) is 4.90 Å². The van der Waals surface area contributed by atoms with E-state index in [0.29, 0.717) is 10.9 Å². The van der Waals surface area contributed by atoms with E-state index in [4.69, 9.17) is 16.3 Å². The fraction of sp³-hybridized carbons (Fsp3) is 0.111. The zero-order valence-electron chi connectivity index (χ0n) is 13.7. The minimum atomic E-state index is -3.63. The Morgan fingerprint density at radius 2 is 1.77 bits per heavy atom. The Hall–Kier alpha value is -2.48.